The normalized spacial score (nSPS) is 13.1. The monoisotopic (exact) mass is 502 g/mol. The Bertz CT molecular complexity index is 1610. The molecule has 32 heavy (non-hydrogen) atoms. The molecule has 0 aliphatic rings. The van der Waals surface area contributed by atoms with E-state index in [1.807, 2.05) is 0 Å². The van der Waals surface area contributed by atoms with Crippen LogP contribution in [0.4, 0.5) is 17.1 Å². The van der Waals surface area contributed by atoms with Crippen LogP contribution in [-0.2, 0) is 30.4 Å². The van der Waals surface area contributed by atoms with Crippen molar-refractivity contribution in [2.75, 3.05) is 0 Å². The molecule has 3 aromatic carbocycles. The highest BCUT2D eigenvalue weighted by atomic mass is 32.2. The lowest BCUT2D eigenvalue weighted by molar-refractivity contribution is 0.471. The van der Waals surface area contributed by atoms with Crippen molar-refractivity contribution in [1.29, 1.82) is 0 Å². The number of phenols is 1. The second-order valence-electron chi connectivity index (χ2n) is 6.26. The van der Waals surface area contributed by atoms with Gasteiger partial charge in [-0.3, -0.25) is 13.7 Å². The smallest absolute Gasteiger partial charge is 0.296 e. The van der Waals surface area contributed by atoms with E-state index in [9.17, 15) is 39.5 Å². The lowest BCUT2D eigenvalue weighted by Crippen LogP contribution is -2.01. The van der Waals surface area contributed by atoms with Crippen LogP contribution in [0.5, 0.6) is 5.75 Å². The Morgan fingerprint density at radius 2 is 1.34 bits per heavy atom. The molecule has 13 nitrogen and oxygen atoms in total. The Labute approximate surface area is 181 Å². The predicted molar refractivity (Wildman–Crippen MR) is 108 cm³/mol. The molecular formula is C16H12N3O10S3. The van der Waals surface area contributed by atoms with Crippen LogP contribution in [0, 0.1) is 0 Å². The largest absolute Gasteiger partial charge is 0.505 e. The molecule has 0 fully saturated rings. The van der Waals surface area contributed by atoms with Gasteiger partial charge in [-0.25, -0.2) is 0 Å². The lowest BCUT2D eigenvalue weighted by Gasteiger charge is -2.10. The van der Waals surface area contributed by atoms with Gasteiger partial charge < -0.3 is 10.8 Å². The van der Waals surface area contributed by atoms with Crippen LogP contribution in [0.15, 0.2) is 67.4 Å². The molecule has 3 rings (SSSR count). The summed E-state index contributed by atoms with van der Waals surface area (Å²) in [6.45, 7) is 0. The van der Waals surface area contributed by atoms with Crippen molar-refractivity contribution in [3.8, 4) is 5.75 Å². The predicted octanol–water partition coefficient (Wildman–Crippen LogP) is 2.62. The minimum absolute atomic E-state index is 0.150. The third kappa shape index (κ3) is 4.69. The summed E-state index contributed by atoms with van der Waals surface area (Å²) in [6.07, 6.45) is 0. The molecule has 0 bridgehead atoms. The third-order valence-corrected chi connectivity index (χ3v) is 6.71. The fraction of sp³-hybridized carbons (Fsp3) is 0. The zero-order valence-electron chi connectivity index (χ0n) is 15.4. The molecule has 169 valence electrons. The van der Waals surface area contributed by atoms with Crippen LogP contribution in [0.2, 0.25) is 0 Å². The van der Waals surface area contributed by atoms with Gasteiger partial charge in [-0.1, -0.05) is 0 Å². The van der Waals surface area contributed by atoms with E-state index in [1.54, 1.807) is 0 Å². The molecule has 0 saturated heterocycles. The maximum Gasteiger partial charge on any atom is 0.296 e. The van der Waals surface area contributed by atoms with E-state index in [0.29, 0.717) is 0 Å². The topological polar surface area (TPSA) is 232 Å². The first-order chi connectivity index (χ1) is 14.6. The summed E-state index contributed by atoms with van der Waals surface area (Å²) in [5, 5.41) is 17.1. The Hall–Kier alpha value is -3.15. The number of hydrogen-bond acceptors (Lipinski definition) is 9. The fourth-order valence-electron chi connectivity index (χ4n) is 2.70. The van der Waals surface area contributed by atoms with Gasteiger partial charge in [-0.05, 0) is 47.9 Å². The molecule has 0 heterocycles. The van der Waals surface area contributed by atoms with Gasteiger partial charge >= 0.3 is 0 Å². The summed E-state index contributed by atoms with van der Waals surface area (Å²) in [7, 11) is -14.6. The molecule has 0 aliphatic heterocycles. The number of hydrogen-bond donors (Lipinski definition) is 4. The highest BCUT2D eigenvalue weighted by molar-refractivity contribution is 7.86. The summed E-state index contributed by atoms with van der Waals surface area (Å²) < 4.78 is 97.3. The van der Waals surface area contributed by atoms with Crippen molar-refractivity contribution in [3.05, 3.63) is 42.5 Å². The second-order valence-corrected chi connectivity index (χ2v) is 10.5. The van der Waals surface area contributed by atoms with Crippen molar-refractivity contribution < 1.29 is 44.0 Å². The molecule has 3 aromatic rings. The van der Waals surface area contributed by atoms with Crippen molar-refractivity contribution in [2.45, 2.75) is 14.7 Å². The standard InChI is InChI=1S/C16H12N3O10S3/c17-9-1-4-13(31(24,25)26)12(7-9)18-19-15-14(32(27,28)29)6-8-5-10(30(21,22)23)2-3-11(8)16(15)20/h1-7,17,20H,(H,21,22,23)(H,24,25,26)(H,27,28,29)/b19-18+. The number of fused-ring (bicyclic) bond motifs is 1. The van der Waals surface area contributed by atoms with Gasteiger partial charge in [0.2, 0.25) is 0 Å². The summed E-state index contributed by atoms with van der Waals surface area (Å²) in [4.78, 5) is -2.40. The zero-order valence-corrected chi connectivity index (χ0v) is 17.8. The maximum atomic E-state index is 11.8. The number of rotatable bonds is 5. The summed E-state index contributed by atoms with van der Waals surface area (Å²) in [5.41, 5.74) is 5.91. The number of benzene rings is 3. The highest BCUT2D eigenvalue weighted by Gasteiger charge is 2.24. The number of nitrogens with one attached hydrogen (secondary N) is 1. The molecule has 0 amide bonds. The van der Waals surface area contributed by atoms with Crippen molar-refractivity contribution in [1.82, 2.24) is 5.73 Å². The van der Waals surface area contributed by atoms with Crippen molar-refractivity contribution in [2.24, 2.45) is 10.2 Å². The first-order valence-corrected chi connectivity index (χ1v) is 12.4. The lowest BCUT2D eigenvalue weighted by atomic mass is 10.1. The van der Waals surface area contributed by atoms with E-state index in [2.05, 4.69) is 10.2 Å². The number of aromatic hydroxyl groups is 1. The van der Waals surface area contributed by atoms with Crippen LogP contribution >= 0.6 is 0 Å². The average Bonchev–Trinajstić information content (AvgIpc) is 2.64. The highest BCUT2D eigenvalue weighted by Crippen LogP contribution is 2.42. The summed E-state index contributed by atoms with van der Waals surface area (Å²) in [6, 6.07) is 6.28. The van der Waals surface area contributed by atoms with Crippen LogP contribution < -0.4 is 5.73 Å². The van der Waals surface area contributed by atoms with E-state index in [0.717, 1.165) is 42.5 Å². The Kier molecular flexibility index (Phi) is 5.71. The summed E-state index contributed by atoms with van der Waals surface area (Å²) in [5.74, 6) is -0.879. The SMILES string of the molecule is [NH]c1ccc(S(=O)(=O)O)c(/N=N/c2c(S(=O)(=O)O)cc3cc(S(=O)(=O)O)ccc3c2O)c1. The molecule has 0 saturated carbocycles. The van der Waals surface area contributed by atoms with Gasteiger partial charge in [0, 0.05) is 5.39 Å². The van der Waals surface area contributed by atoms with Gasteiger partial charge in [0.05, 0.1) is 10.6 Å². The average molecular weight is 502 g/mol. The molecule has 0 atom stereocenters. The Morgan fingerprint density at radius 3 is 1.91 bits per heavy atom. The van der Waals surface area contributed by atoms with Gasteiger partial charge in [0.25, 0.3) is 30.4 Å². The zero-order chi connectivity index (χ0) is 24.1. The number of phenolic OH excluding ortho intramolecular Hbond substituents is 1. The van der Waals surface area contributed by atoms with Crippen LogP contribution in [0.3, 0.4) is 0 Å². The molecular weight excluding hydrogens is 490 g/mol. The van der Waals surface area contributed by atoms with Crippen molar-refractivity contribution >= 4 is 58.2 Å². The van der Waals surface area contributed by atoms with E-state index in [4.69, 9.17) is 10.3 Å². The van der Waals surface area contributed by atoms with Gasteiger partial charge in [0.1, 0.15) is 21.2 Å². The first-order valence-electron chi connectivity index (χ1n) is 8.08. The second kappa shape index (κ2) is 7.76. The molecule has 0 aliphatic carbocycles. The Balaban J connectivity index is 2.32. The van der Waals surface area contributed by atoms with E-state index in [-0.39, 0.29) is 16.5 Å². The van der Waals surface area contributed by atoms with Crippen LogP contribution in [0.25, 0.3) is 10.8 Å². The molecule has 1 radical (unpaired) electrons. The molecule has 5 N–H and O–H groups in total. The van der Waals surface area contributed by atoms with Gasteiger partial charge in [0.15, 0.2) is 5.75 Å². The fourth-order valence-corrected chi connectivity index (χ4v) is 4.48. The molecule has 16 heteroatoms. The first kappa shape index (κ1) is 23.5. The minimum atomic E-state index is -5.08. The molecule has 0 unspecified atom stereocenters. The van der Waals surface area contributed by atoms with E-state index < -0.39 is 62.2 Å². The van der Waals surface area contributed by atoms with E-state index >= 15 is 0 Å². The summed E-state index contributed by atoms with van der Waals surface area (Å²) >= 11 is 0. The number of azo groups is 1. The molecule has 0 aromatic heterocycles. The van der Waals surface area contributed by atoms with Crippen LogP contribution in [-0.4, -0.2) is 44.0 Å². The molecule has 0 spiro atoms. The Morgan fingerprint density at radius 1 is 0.719 bits per heavy atom. The number of nitrogens with zero attached hydrogens (tertiary/aromatic N) is 2. The third-order valence-electron chi connectivity index (χ3n) is 4.09. The maximum absolute atomic E-state index is 11.8. The minimum Gasteiger partial charge on any atom is -0.505 e. The van der Waals surface area contributed by atoms with E-state index in [1.165, 1.54) is 0 Å². The van der Waals surface area contributed by atoms with Gasteiger partial charge in [-0.2, -0.15) is 25.3 Å². The van der Waals surface area contributed by atoms with Crippen LogP contribution in [0.1, 0.15) is 0 Å². The van der Waals surface area contributed by atoms with Crippen molar-refractivity contribution in [3.63, 3.8) is 0 Å². The van der Waals surface area contributed by atoms with Gasteiger partial charge in [-0.15, -0.1) is 10.2 Å². The quantitative estimate of drug-likeness (QED) is 0.294.